The van der Waals surface area contributed by atoms with Gasteiger partial charge in [-0.05, 0) is 86.0 Å². The minimum atomic E-state index is -0.773. The summed E-state index contributed by atoms with van der Waals surface area (Å²) in [5, 5.41) is 24.8. The van der Waals surface area contributed by atoms with Gasteiger partial charge in [0.15, 0.2) is 6.61 Å². The molecule has 194 valence electrons. The molecule has 8 atom stereocenters. The van der Waals surface area contributed by atoms with Crippen LogP contribution in [0.15, 0.2) is 16.8 Å². The number of hydrogen-bond acceptors (Lipinski definition) is 7. The maximum absolute atomic E-state index is 12.6. The standard InChI is InChI=1S/C27H40N2O6/c1-26-10-8-17(28-35-15-24(32)29-14-18(30)13-22(29)25(33)34-3)12-16(26)4-5-19-20-6-7-23(31)27(20,2)11-9-21(19)26/h12,18-23,30-31H,4-11,13-15H2,1-3H3/b28-17-/t18-,19-,20+,21+,22-,23+,26+,27+/m1/s1. The van der Waals surface area contributed by atoms with Crippen molar-refractivity contribution in [2.45, 2.75) is 89.9 Å². The highest BCUT2D eigenvalue weighted by atomic mass is 16.6. The van der Waals surface area contributed by atoms with Crippen molar-refractivity contribution in [3.63, 3.8) is 0 Å². The lowest BCUT2D eigenvalue weighted by Crippen LogP contribution is -2.51. The van der Waals surface area contributed by atoms with E-state index in [4.69, 9.17) is 9.57 Å². The van der Waals surface area contributed by atoms with Crippen molar-refractivity contribution in [2.75, 3.05) is 20.3 Å². The molecule has 0 bridgehead atoms. The summed E-state index contributed by atoms with van der Waals surface area (Å²) < 4.78 is 4.76. The number of carbonyl (C=O) groups is 2. The van der Waals surface area contributed by atoms with Gasteiger partial charge in [0.1, 0.15) is 6.04 Å². The molecule has 1 saturated heterocycles. The molecular formula is C27H40N2O6. The summed E-state index contributed by atoms with van der Waals surface area (Å²) in [7, 11) is 1.28. The van der Waals surface area contributed by atoms with Crippen LogP contribution in [0.5, 0.6) is 0 Å². The summed E-state index contributed by atoms with van der Waals surface area (Å²) >= 11 is 0. The average Bonchev–Trinajstić information content (AvgIpc) is 3.38. The fourth-order valence-electron chi connectivity index (χ4n) is 8.32. The largest absolute Gasteiger partial charge is 0.467 e. The summed E-state index contributed by atoms with van der Waals surface area (Å²) in [5.41, 5.74) is 2.59. The number of hydrogen-bond donors (Lipinski definition) is 2. The van der Waals surface area contributed by atoms with Gasteiger partial charge in [-0.3, -0.25) is 4.79 Å². The van der Waals surface area contributed by atoms with Crippen LogP contribution in [0.3, 0.4) is 0 Å². The van der Waals surface area contributed by atoms with Crippen molar-refractivity contribution < 1.29 is 29.4 Å². The van der Waals surface area contributed by atoms with Crippen molar-refractivity contribution in [1.29, 1.82) is 0 Å². The third-order valence-electron chi connectivity index (χ3n) is 10.4. The van der Waals surface area contributed by atoms with Crippen LogP contribution in [0, 0.1) is 28.6 Å². The first-order valence-corrected chi connectivity index (χ1v) is 13.3. The zero-order valence-electron chi connectivity index (χ0n) is 21.2. The molecule has 0 aromatic heterocycles. The highest BCUT2D eigenvalue weighted by Crippen LogP contribution is 2.65. The van der Waals surface area contributed by atoms with E-state index in [1.54, 1.807) is 0 Å². The minimum absolute atomic E-state index is 0.0959. The average molecular weight is 489 g/mol. The molecule has 1 amide bonds. The summed E-state index contributed by atoms with van der Waals surface area (Å²) in [6.45, 7) is 4.58. The number of β-amino-alcohol motifs (C(OH)–C–C–N with tert-alkyl or cyclic N) is 1. The van der Waals surface area contributed by atoms with Gasteiger partial charge in [-0.15, -0.1) is 0 Å². The Labute approximate surface area is 207 Å². The smallest absolute Gasteiger partial charge is 0.328 e. The van der Waals surface area contributed by atoms with E-state index in [0.29, 0.717) is 17.8 Å². The number of ether oxygens (including phenoxy) is 1. The second-order valence-electron chi connectivity index (χ2n) is 12.0. The molecular weight excluding hydrogens is 448 g/mol. The first-order valence-electron chi connectivity index (χ1n) is 13.3. The topological polar surface area (TPSA) is 109 Å². The molecule has 8 heteroatoms. The summed E-state index contributed by atoms with van der Waals surface area (Å²) in [6.07, 6.45) is 9.99. The number of fused-ring (bicyclic) bond motifs is 5. The zero-order valence-corrected chi connectivity index (χ0v) is 21.2. The Morgan fingerprint density at radius 1 is 1.11 bits per heavy atom. The molecule has 0 radical (unpaired) electrons. The van der Waals surface area contributed by atoms with Crippen molar-refractivity contribution in [3.8, 4) is 0 Å². The van der Waals surface area contributed by atoms with Crippen LogP contribution in [0.1, 0.15) is 71.6 Å². The maximum atomic E-state index is 12.6. The lowest BCUT2D eigenvalue weighted by Gasteiger charge is -2.57. The predicted octanol–water partition coefficient (Wildman–Crippen LogP) is 2.82. The molecule has 0 aromatic rings. The molecule has 1 aliphatic heterocycles. The quantitative estimate of drug-likeness (QED) is 0.465. The Bertz CT molecular complexity index is 933. The van der Waals surface area contributed by atoms with E-state index in [0.717, 1.165) is 44.2 Å². The first kappa shape index (κ1) is 24.8. The first-order chi connectivity index (χ1) is 16.7. The number of carbonyl (C=O) groups excluding carboxylic acids is 2. The fraction of sp³-hybridized carbons (Fsp3) is 0.815. The van der Waals surface area contributed by atoms with E-state index in [1.165, 1.54) is 30.4 Å². The van der Waals surface area contributed by atoms with E-state index in [2.05, 4.69) is 25.1 Å². The van der Waals surface area contributed by atoms with Gasteiger partial charge >= 0.3 is 5.97 Å². The molecule has 0 aromatic carbocycles. The van der Waals surface area contributed by atoms with E-state index >= 15 is 0 Å². The third kappa shape index (κ3) is 4.10. The molecule has 4 fully saturated rings. The number of oxime groups is 1. The Morgan fingerprint density at radius 2 is 1.91 bits per heavy atom. The highest BCUT2D eigenvalue weighted by molar-refractivity contribution is 5.96. The van der Waals surface area contributed by atoms with E-state index in [1.807, 2.05) is 0 Å². The van der Waals surface area contributed by atoms with Gasteiger partial charge in [0.2, 0.25) is 0 Å². The fourth-order valence-corrected chi connectivity index (χ4v) is 8.32. The van der Waals surface area contributed by atoms with Crippen molar-refractivity contribution in [2.24, 2.45) is 33.7 Å². The number of allylic oxidation sites excluding steroid dienone is 2. The summed E-state index contributed by atoms with van der Waals surface area (Å²) in [6, 6.07) is -0.773. The lowest BCUT2D eigenvalue weighted by molar-refractivity contribution is -0.152. The molecule has 35 heavy (non-hydrogen) atoms. The van der Waals surface area contributed by atoms with Crippen LogP contribution in [0.2, 0.25) is 0 Å². The van der Waals surface area contributed by atoms with E-state index in [-0.39, 0.29) is 42.4 Å². The Morgan fingerprint density at radius 3 is 2.69 bits per heavy atom. The van der Waals surface area contributed by atoms with E-state index in [9.17, 15) is 19.8 Å². The maximum Gasteiger partial charge on any atom is 0.328 e. The zero-order chi connectivity index (χ0) is 25.0. The van der Waals surface area contributed by atoms with Crippen LogP contribution in [0.25, 0.3) is 0 Å². The molecule has 0 spiro atoms. The normalized spacial score (nSPS) is 43.7. The van der Waals surface area contributed by atoms with Gasteiger partial charge in [-0.2, -0.15) is 0 Å². The highest BCUT2D eigenvalue weighted by Gasteiger charge is 2.58. The number of aliphatic hydroxyl groups excluding tert-OH is 2. The Hall–Kier alpha value is -1.93. The molecule has 1 heterocycles. The van der Waals surface area contributed by atoms with Crippen LogP contribution in [0.4, 0.5) is 0 Å². The number of esters is 1. The molecule has 5 rings (SSSR count). The second kappa shape index (κ2) is 9.18. The number of amides is 1. The molecule has 4 aliphatic carbocycles. The summed E-state index contributed by atoms with van der Waals surface area (Å²) in [5.74, 6) is 1.09. The second-order valence-corrected chi connectivity index (χ2v) is 12.0. The Balaban J connectivity index is 1.23. The van der Waals surface area contributed by atoms with Crippen molar-refractivity contribution >= 4 is 17.6 Å². The van der Waals surface area contributed by atoms with Gasteiger partial charge in [0.25, 0.3) is 5.91 Å². The molecule has 5 aliphatic rings. The molecule has 8 nitrogen and oxygen atoms in total. The van der Waals surface area contributed by atoms with Crippen LogP contribution >= 0.6 is 0 Å². The van der Waals surface area contributed by atoms with Crippen molar-refractivity contribution in [3.05, 3.63) is 11.6 Å². The predicted molar refractivity (Wildman–Crippen MR) is 129 cm³/mol. The van der Waals surface area contributed by atoms with Crippen molar-refractivity contribution in [1.82, 2.24) is 4.90 Å². The number of aliphatic hydroxyl groups is 2. The number of rotatable bonds is 4. The molecule has 2 N–H and O–H groups in total. The summed E-state index contributed by atoms with van der Waals surface area (Å²) in [4.78, 5) is 31.3. The van der Waals surface area contributed by atoms with Gasteiger partial charge in [-0.25, -0.2) is 4.79 Å². The van der Waals surface area contributed by atoms with Gasteiger partial charge in [0, 0.05) is 13.0 Å². The molecule has 0 unspecified atom stereocenters. The van der Waals surface area contributed by atoms with Crippen LogP contribution in [-0.2, 0) is 19.2 Å². The van der Waals surface area contributed by atoms with Crippen LogP contribution in [-0.4, -0.2) is 71.2 Å². The van der Waals surface area contributed by atoms with E-state index < -0.39 is 18.1 Å². The molecule has 3 saturated carbocycles. The van der Waals surface area contributed by atoms with Gasteiger partial charge in [-0.1, -0.05) is 24.6 Å². The van der Waals surface area contributed by atoms with Gasteiger partial charge < -0.3 is 24.7 Å². The SMILES string of the molecule is COC(=O)[C@H]1C[C@@H](O)CN1C(=O)CO/N=C1\C=C2CC[C@@H]3[C@@H]4CC[C@H](O)[C@@]4(C)CC[C@@H]3[C@@]2(C)CC1. The lowest BCUT2D eigenvalue weighted by atomic mass is 9.47. The number of methoxy groups -OCH3 is 1. The van der Waals surface area contributed by atoms with Crippen LogP contribution < -0.4 is 0 Å². The number of nitrogens with zero attached hydrogens (tertiary/aromatic N) is 2. The third-order valence-corrected chi connectivity index (χ3v) is 10.4. The monoisotopic (exact) mass is 488 g/mol. The number of likely N-dealkylation sites (tertiary alicyclic amines) is 1. The minimum Gasteiger partial charge on any atom is -0.467 e. The van der Waals surface area contributed by atoms with Gasteiger partial charge in [0.05, 0.1) is 25.0 Å². The Kier molecular flexibility index (Phi) is 6.49.